The Balaban J connectivity index is 2.14. The molecule has 0 bridgehead atoms. The van der Waals surface area contributed by atoms with E-state index in [9.17, 15) is 5.11 Å². The molecule has 1 aromatic carbocycles. The molecule has 2 unspecified atom stereocenters. The number of halogens is 2. The van der Waals surface area contributed by atoms with Crippen LogP contribution in [0.15, 0.2) is 18.2 Å². The highest BCUT2D eigenvalue weighted by Gasteiger charge is 2.28. The number of hydrogen-bond donors (Lipinski definition) is 1. The first-order chi connectivity index (χ1) is 9.56. The van der Waals surface area contributed by atoms with Gasteiger partial charge in [-0.05, 0) is 31.2 Å². The van der Waals surface area contributed by atoms with E-state index in [1.165, 1.54) is 0 Å². The van der Waals surface area contributed by atoms with Crippen LogP contribution in [0.5, 0.6) is 0 Å². The first-order valence-electron chi connectivity index (χ1n) is 7.10. The Morgan fingerprint density at radius 1 is 1.30 bits per heavy atom. The molecule has 0 saturated carbocycles. The number of rotatable bonds is 4. The maximum absolute atomic E-state index is 9.77. The second kappa shape index (κ2) is 7.10. The largest absolute Gasteiger partial charge is 0.394 e. The quantitative estimate of drug-likeness (QED) is 0.925. The summed E-state index contributed by atoms with van der Waals surface area (Å²) < 4.78 is 0. The first kappa shape index (κ1) is 16.1. The van der Waals surface area contributed by atoms with Crippen molar-refractivity contribution in [1.82, 2.24) is 9.80 Å². The molecule has 1 aliphatic heterocycles. The predicted molar refractivity (Wildman–Crippen MR) is 84.6 cm³/mol. The third-order valence-corrected chi connectivity index (χ3v) is 4.88. The minimum atomic E-state index is -0.00813. The van der Waals surface area contributed by atoms with Crippen molar-refractivity contribution in [3.05, 3.63) is 33.8 Å². The molecular weight excluding hydrogens is 295 g/mol. The van der Waals surface area contributed by atoms with Crippen LogP contribution >= 0.6 is 23.2 Å². The van der Waals surface area contributed by atoms with Crippen molar-refractivity contribution in [2.45, 2.75) is 25.9 Å². The van der Waals surface area contributed by atoms with Crippen LogP contribution in [0.3, 0.4) is 0 Å². The van der Waals surface area contributed by atoms with Crippen molar-refractivity contribution in [2.75, 3.05) is 32.8 Å². The van der Waals surface area contributed by atoms with E-state index in [-0.39, 0.29) is 12.6 Å². The molecule has 20 heavy (non-hydrogen) atoms. The molecule has 0 amide bonds. The fourth-order valence-electron chi connectivity index (χ4n) is 2.93. The number of benzene rings is 1. The SMILES string of the molecule is CCN1CCN(C(CO)c2ccc(Cl)c(Cl)c2)CC1C. The van der Waals surface area contributed by atoms with Gasteiger partial charge in [0, 0.05) is 25.7 Å². The van der Waals surface area contributed by atoms with Gasteiger partial charge in [-0.1, -0.05) is 36.2 Å². The fraction of sp³-hybridized carbons (Fsp3) is 0.600. The Hall–Kier alpha value is -0.320. The Morgan fingerprint density at radius 2 is 2.05 bits per heavy atom. The number of piperazine rings is 1. The van der Waals surface area contributed by atoms with E-state index in [1.807, 2.05) is 12.1 Å². The molecule has 5 heteroatoms. The summed E-state index contributed by atoms with van der Waals surface area (Å²) in [7, 11) is 0. The molecule has 1 fully saturated rings. The highest BCUT2D eigenvalue weighted by molar-refractivity contribution is 6.42. The van der Waals surface area contributed by atoms with Gasteiger partial charge >= 0.3 is 0 Å². The van der Waals surface area contributed by atoms with E-state index in [0.717, 1.165) is 31.7 Å². The minimum absolute atomic E-state index is 0.00813. The summed E-state index contributed by atoms with van der Waals surface area (Å²) >= 11 is 12.0. The normalized spacial score (nSPS) is 22.9. The Morgan fingerprint density at radius 3 is 2.60 bits per heavy atom. The van der Waals surface area contributed by atoms with Crippen molar-refractivity contribution >= 4 is 23.2 Å². The van der Waals surface area contributed by atoms with E-state index in [2.05, 4.69) is 23.6 Å². The van der Waals surface area contributed by atoms with Crippen molar-refractivity contribution in [3.8, 4) is 0 Å². The predicted octanol–water partition coefficient (Wildman–Crippen LogP) is 3.05. The van der Waals surface area contributed by atoms with Gasteiger partial charge in [0.05, 0.1) is 22.7 Å². The van der Waals surface area contributed by atoms with Gasteiger partial charge in [-0.15, -0.1) is 0 Å². The summed E-state index contributed by atoms with van der Waals surface area (Å²) in [4.78, 5) is 4.79. The summed E-state index contributed by atoms with van der Waals surface area (Å²) in [5, 5.41) is 10.9. The maximum Gasteiger partial charge on any atom is 0.0628 e. The zero-order valence-electron chi connectivity index (χ0n) is 12.0. The van der Waals surface area contributed by atoms with Crippen LogP contribution < -0.4 is 0 Å². The molecule has 2 rings (SSSR count). The van der Waals surface area contributed by atoms with Crippen LogP contribution in [0.1, 0.15) is 25.5 Å². The third-order valence-electron chi connectivity index (χ3n) is 4.14. The van der Waals surface area contributed by atoms with Gasteiger partial charge in [-0.2, -0.15) is 0 Å². The number of hydrogen-bond acceptors (Lipinski definition) is 3. The Kier molecular flexibility index (Phi) is 5.70. The monoisotopic (exact) mass is 316 g/mol. The Bertz CT molecular complexity index is 455. The van der Waals surface area contributed by atoms with Gasteiger partial charge in [0.2, 0.25) is 0 Å². The molecule has 1 N–H and O–H groups in total. The lowest BCUT2D eigenvalue weighted by molar-refractivity contribution is 0.0367. The van der Waals surface area contributed by atoms with Crippen LogP contribution in [-0.4, -0.2) is 53.7 Å². The molecule has 0 spiro atoms. The standard InChI is InChI=1S/C15H22Cl2N2O/c1-3-18-6-7-19(9-11(18)2)15(10-20)12-4-5-13(16)14(17)8-12/h4-5,8,11,15,20H,3,6-7,9-10H2,1-2H3. The molecule has 1 aromatic rings. The average molecular weight is 317 g/mol. The Labute approximate surface area is 131 Å². The van der Waals surface area contributed by atoms with Gasteiger partial charge in [0.1, 0.15) is 0 Å². The zero-order chi connectivity index (χ0) is 14.7. The van der Waals surface area contributed by atoms with Crippen molar-refractivity contribution in [3.63, 3.8) is 0 Å². The van der Waals surface area contributed by atoms with Gasteiger partial charge in [-0.25, -0.2) is 0 Å². The fourth-order valence-corrected chi connectivity index (χ4v) is 3.23. The van der Waals surface area contributed by atoms with Crippen LogP contribution in [-0.2, 0) is 0 Å². The van der Waals surface area contributed by atoms with Gasteiger partial charge in [-0.3, -0.25) is 9.80 Å². The van der Waals surface area contributed by atoms with E-state index < -0.39 is 0 Å². The molecule has 2 atom stereocenters. The summed E-state index contributed by atoms with van der Waals surface area (Å²) in [6.45, 7) is 8.55. The zero-order valence-corrected chi connectivity index (χ0v) is 13.5. The molecule has 112 valence electrons. The lowest BCUT2D eigenvalue weighted by atomic mass is 10.0. The lowest BCUT2D eigenvalue weighted by Gasteiger charge is -2.42. The molecule has 0 aromatic heterocycles. The van der Waals surface area contributed by atoms with E-state index in [0.29, 0.717) is 16.1 Å². The summed E-state index contributed by atoms with van der Waals surface area (Å²) in [6.07, 6.45) is 0. The average Bonchev–Trinajstić information content (AvgIpc) is 2.44. The van der Waals surface area contributed by atoms with Gasteiger partial charge in [0.25, 0.3) is 0 Å². The molecule has 1 heterocycles. The summed E-state index contributed by atoms with van der Waals surface area (Å²) in [5.41, 5.74) is 1.03. The first-order valence-corrected chi connectivity index (χ1v) is 7.86. The molecule has 0 radical (unpaired) electrons. The number of aliphatic hydroxyl groups is 1. The number of nitrogens with zero attached hydrogens (tertiary/aromatic N) is 2. The molecule has 0 aliphatic carbocycles. The van der Waals surface area contributed by atoms with E-state index in [1.54, 1.807) is 6.07 Å². The van der Waals surface area contributed by atoms with Crippen LogP contribution in [0.25, 0.3) is 0 Å². The number of aliphatic hydroxyl groups excluding tert-OH is 1. The van der Waals surface area contributed by atoms with Gasteiger partial charge < -0.3 is 5.11 Å². The molecule has 1 aliphatic rings. The van der Waals surface area contributed by atoms with Crippen molar-refractivity contribution in [2.24, 2.45) is 0 Å². The van der Waals surface area contributed by atoms with Gasteiger partial charge in [0.15, 0.2) is 0 Å². The molecular formula is C15H22Cl2N2O. The second-order valence-corrected chi connectivity index (χ2v) is 6.16. The van der Waals surface area contributed by atoms with Crippen molar-refractivity contribution < 1.29 is 5.11 Å². The topological polar surface area (TPSA) is 26.7 Å². The van der Waals surface area contributed by atoms with E-state index in [4.69, 9.17) is 23.2 Å². The highest BCUT2D eigenvalue weighted by atomic mass is 35.5. The lowest BCUT2D eigenvalue weighted by Crippen LogP contribution is -2.53. The third kappa shape index (κ3) is 3.46. The second-order valence-electron chi connectivity index (χ2n) is 5.34. The molecule has 1 saturated heterocycles. The van der Waals surface area contributed by atoms with Crippen LogP contribution in [0.2, 0.25) is 10.0 Å². The summed E-state index contributed by atoms with van der Waals surface area (Å²) in [5.74, 6) is 0. The minimum Gasteiger partial charge on any atom is -0.394 e. The smallest absolute Gasteiger partial charge is 0.0628 e. The van der Waals surface area contributed by atoms with E-state index >= 15 is 0 Å². The molecule has 3 nitrogen and oxygen atoms in total. The summed E-state index contributed by atoms with van der Waals surface area (Å²) in [6, 6.07) is 6.11. The highest BCUT2D eigenvalue weighted by Crippen LogP contribution is 2.29. The van der Waals surface area contributed by atoms with Crippen molar-refractivity contribution in [1.29, 1.82) is 0 Å². The van der Waals surface area contributed by atoms with Crippen LogP contribution in [0.4, 0.5) is 0 Å². The number of likely N-dealkylation sites (N-methyl/N-ethyl adjacent to an activating group) is 1. The van der Waals surface area contributed by atoms with Crippen LogP contribution in [0, 0.1) is 0 Å². The maximum atomic E-state index is 9.77.